The zero-order valence-electron chi connectivity index (χ0n) is 10.1. The molecule has 3 nitrogen and oxygen atoms in total. The molecule has 0 aliphatic rings. The summed E-state index contributed by atoms with van der Waals surface area (Å²) in [5, 5.41) is 0.374. The summed E-state index contributed by atoms with van der Waals surface area (Å²) in [5.41, 5.74) is 10.7. The highest BCUT2D eigenvalue weighted by atomic mass is 79.9. The Morgan fingerprint density at radius 1 is 1.56 bits per heavy atom. The lowest BCUT2D eigenvalue weighted by Gasteiger charge is -2.25. The molecule has 18 heavy (non-hydrogen) atoms. The van der Waals surface area contributed by atoms with E-state index >= 15 is 0 Å². The Bertz CT molecular complexity index is 479. The van der Waals surface area contributed by atoms with Gasteiger partial charge in [-0.1, -0.05) is 25.4 Å². The molecule has 1 atom stereocenters. The maximum Gasteiger partial charge on any atom is 0.223 e. The van der Waals surface area contributed by atoms with Crippen molar-refractivity contribution in [2.24, 2.45) is 16.9 Å². The molecule has 4 N–H and O–H groups in total. The molecule has 0 saturated carbocycles. The number of rotatable bonds is 4. The lowest BCUT2D eigenvalue weighted by Crippen LogP contribution is -2.34. The van der Waals surface area contributed by atoms with Gasteiger partial charge in [-0.3, -0.25) is 4.79 Å². The van der Waals surface area contributed by atoms with E-state index in [0.717, 1.165) is 0 Å². The van der Waals surface area contributed by atoms with Crippen LogP contribution in [0.4, 0.5) is 4.39 Å². The molecule has 0 spiro atoms. The van der Waals surface area contributed by atoms with Gasteiger partial charge in [-0.05, 0) is 34.5 Å². The summed E-state index contributed by atoms with van der Waals surface area (Å²) in [5.74, 6) is -0.930. The fourth-order valence-electron chi connectivity index (χ4n) is 1.58. The minimum atomic E-state index is -0.800. The van der Waals surface area contributed by atoms with Gasteiger partial charge in [0, 0.05) is 21.5 Å². The Morgan fingerprint density at radius 3 is 2.61 bits per heavy atom. The van der Waals surface area contributed by atoms with E-state index < -0.39 is 23.2 Å². The van der Waals surface area contributed by atoms with Gasteiger partial charge in [0.05, 0.1) is 5.02 Å². The van der Waals surface area contributed by atoms with Gasteiger partial charge < -0.3 is 11.5 Å². The normalized spacial score (nSPS) is 13.4. The molecule has 0 aliphatic carbocycles. The van der Waals surface area contributed by atoms with Crippen molar-refractivity contribution >= 4 is 33.4 Å². The van der Waals surface area contributed by atoms with Crippen LogP contribution in [0, 0.1) is 11.2 Å². The minimum Gasteiger partial charge on any atom is -0.369 e. The average Bonchev–Trinajstić information content (AvgIpc) is 2.22. The summed E-state index contributed by atoms with van der Waals surface area (Å²) >= 11 is 9.03. The molecule has 0 radical (unpaired) electrons. The molecule has 0 aromatic heterocycles. The molecule has 1 rings (SSSR count). The summed E-state index contributed by atoms with van der Waals surface area (Å²) in [4.78, 5) is 11.2. The molecular formula is C12H15BrClFN2O. The Labute approximate surface area is 119 Å². The highest BCUT2D eigenvalue weighted by Gasteiger charge is 2.29. The first-order valence-corrected chi connectivity index (χ1v) is 6.52. The van der Waals surface area contributed by atoms with Gasteiger partial charge in [0.2, 0.25) is 5.91 Å². The van der Waals surface area contributed by atoms with E-state index in [-0.39, 0.29) is 12.0 Å². The van der Waals surface area contributed by atoms with Gasteiger partial charge in [0.15, 0.2) is 0 Å². The van der Waals surface area contributed by atoms with Crippen molar-refractivity contribution in [1.29, 1.82) is 0 Å². The third kappa shape index (κ3) is 3.43. The number of amides is 1. The standard InChI is InChI=1S/C12H15BrClFN2O/c1-12(2,11(17)18)5-10(16)6-3-8(14)7(13)4-9(6)15/h3-4,10H,5,16H2,1-2H3,(H2,17,18). The van der Waals surface area contributed by atoms with Crippen LogP contribution in [-0.4, -0.2) is 5.91 Å². The van der Waals surface area contributed by atoms with E-state index in [2.05, 4.69) is 15.9 Å². The lowest BCUT2D eigenvalue weighted by molar-refractivity contribution is -0.126. The highest BCUT2D eigenvalue weighted by molar-refractivity contribution is 9.10. The number of hydrogen-bond acceptors (Lipinski definition) is 2. The summed E-state index contributed by atoms with van der Waals surface area (Å²) in [7, 11) is 0. The van der Waals surface area contributed by atoms with Crippen LogP contribution in [0.25, 0.3) is 0 Å². The zero-order valence-corrected chi connectivity index (χ0v) is 12.5. The van der Waals surface area contributed by atoms with E-state index in [9.17, 15) is 9.18 Å². The SMILES string of the molecule is CC(C)(CC(N)c1cc(Cl)c(Br)cc1F)C(N)=O. The van der Waals surface area contributed by atoms with Crippen LogP contribution in [0.2, 0.25) is 5.02 Å². The molecule has 1 unspecified atom stereocenters. The Hall–Kier alpha value is -0.650. The van der Waals surface area contributed by atoms with Crippen molar-refractivity contribution < 1.29 is 9.18 Å². The Balaban J connectivity index is 3.01. The molecule has 0 bridgehead atoms. The van der Waals surface area contributed by atoms with Gasteiger partial charge in [0.1, 0.15) is 5.82 Å². The van der Waals surface area contributed by atoms with E-state index in [1.54, 1.807) is 13.8 Å². The second kappa shape index (κ2) is 5.55. The minimum absolute atomic E-state index is 0.247. The second-order valence-corrected chi connectivity index (χ2v) is 6.11. The lowest BCUT2D eigenvalue weighted by atomic mass is 9.83. The van der Waals surface area contributed by atoms with E-state index in [0.29, 0.717) is 9.50 Å². The van der Waals surface area contributed by atoms with Crippen LogP contribution in [0.15, 0.2) is 16.6 Å². The van der Waals surface area contributed by atoms with Crippen LogP contribution in [0.3, 0.4) is 0 Å². The van der Waals surface area contributed by atoms with Crippen LogP contribution in [0.1, 0.15) is 31.9 Å². The Morgan fingerprint density at radius 2 is 2.11 bits per heavy atom. The van der Waals surface area contributed by atoms with Crippen molar-refractivity contribution in [1.82, 2.24) is 0 Å². The first kappa shape index (κ1) is 15.4. The quantitative estimate of drug-likeness (QED) is 0.829. The number of halogens is 3. The van der Waals surface area contributed by atoms with Gasteiger partial charge in [-0.2, -0.15) is 0 Å². The van der Waals surface area contributed by atoms with Crippen molar-refractivity contribution in [3.8, 4) is 0 Å². The summed E-state index contributed by atoms with van der Waals surface area (Å²) in [6.45, 7) is 3.35. The topological polar surface area (TPSA) is 69.1 Å². The molecular weight excluding hydrogens is 323 g/mol. The molecule has 0 saturated heterocycles. The molecule has 0 fully saturated rings. The van der Waals surface area contributed by atoms with Crippen molar-refractivity contribution in [3.05, 3.63) is 33.0 Å². The average molecular weight is 338 g/mol. The van der Waals surface area contributed by atoms with Crippen molar-refractivity contribution in [2.45, 2.75) is 26.3 Å². The molecule has 1 aromatic carbocycles. The number of nitrogens with two attached hydrogens (primary N) is 2. The molecule has 1 amide bonds. The van der Waals surface area contributed by atoms with E-state index in [1.807, 2.05) is 0 Å². The fraction of sp³-hybridized carbons (Fsp3) is 0.417. The van der Waals surface area contributed by atoms with Crippen molar-refractivity contribution in [2.75, 3.05) is 0 Å². The highest BCUT2D eigenvalue weighted by Crippen LogP contribution is 2.33. The predicted molar refractivity (Wildman–Crippen MR) is 73.6 cm³/mol. The van der Waals surface area contributed by atoms with E-state index in [4.69, 9.17) is 23.1 Å². The second-order valence-electron chi connectivity index (χ2n) is 4.85. The van der Waals surface area contributed by atoms with Gasteiger partial charge in [-0.25, -0.2) is 4.39 Å². The van der Waals surface area contributed by atoms with Crippen LogP contribution in [0.5, 0.6) is 0 Å². The summed E-state index contributed by atoms with van der Waals surface area (Å²) in [6.07, 6.45) is 0.247. The maximum absolute atomic E-state index is 13.8. The van der Waals surface area contributed by atoms with E-state index in [1.165, 1.54) is 12.1 Å². The Kier molecular flexibility index (Phi) is 4.75. The number of carbonyl (C=O) groups excluding carboxylic acids is 1. The number of hydrogen-bond donors (Lipinski definition) is 2. The first-order valence-electron chi connectivity index (χ1n) is 5.35. The molecule has 1 aromatic rings. The zero-order chi connectivity index (χ0) is 14.1. The van der Waals surface area contributed by atoms with Crippen LogP contribution < -0.4 is 11.5 Å². The third-order valence-corrected chi connectivity index (χ3v) is 4.03. The maximum atomic E-state index is 13.8. The molecule has 0 aliphatic heterocycles. The van der Waals surface area contributed by atoms with Crippen LogP contribution in [-0.2, 0) is 4.79 Å². The summed E-state index contributed by atoms with van der Waals surface area (Å²) in [6, 6.07) is 2.08. The summed E-state index contributed by atoms with van der Waals surface area (Å²) < 4.78 is 14.2. The number of carbonyl (C=O) groups is 1. The van der Waals surface area contributed by atoms with Gasteiger partial charge in [-0.15, -0.1) is 0 Å². The van der Waals surface area contributed by atoms with Crippen LogP contribution >= 0.6 is 27.5 Å². The molecule has 6 heteroatoms. The number of primary amides is 1. The molecule has 100 valence electrons. The van der Waals surface area contributed by atoms with Gasteiger partial charge >= 0.3 is 0 Å². The van der Waals surface area contributed by atoms with Crippen molar-refractivity contribution in [3.63, 3.8) is 0 Å². The smallest absolute Gasteiger partial charge is 0.223 e. The monoisotopic (exact) mass is 336 g/mol. The van der Waals surface area contributed by atoms with Gasteiger partial charge in [0.25, 0.3) is 0 Å². The fourth-order valence-corrected chi connectivity index (χ4v) is 2.07. The third-order valence-electron chi connectivity index (χ3n) is 2.84. The predicted octanol–water partition coefficient (Wildman–Crippen LogP) is 3.14. The first-order chi connectivity index (χ1) is 8.15. The largest absolute Gasteiger partial charge is 0.369 e. The molecule has 0 heterocycles. The number of benzene rings is 1.